The van der Waals surface area contributed by atoms with Gasteiger partial charge >= 0.3 is 0 Å². The van der Waals surface area contributed by atoms with Gasteiger partial charge in [0.05, 0.1) is 5.57 Å². The van der Waals surface area contributed by atoms with Crippen molar-refractivity contribution in [2.75, 3.05) is 16.9 Å². The minimum atomic E-state index is -0.0700. The molecule has 4 heteroatoms. The zero-order valence-corrected chi connectivity index (χ0v) is 11.8. The van der Waals surface area contributed by atoms with Crippen LogP contribution in [0.3, 0.4) is 0 Å². The summed E-state index contributed by atoms with van der Waals surface area (Å²) in [5.74, 6) is -0.0700. The summed E-state index contributed by atoms with van der Waals surface area (Å²) in [5.41, 5.74) is 3.43. The minimum Gasteiger partial charge on any atom is -0.361 e. The first-order valence-corrected chi connectivity index (χ1v) is 7.52. The summed E-state index contributed by atoms with van der Waals surface area (Å²) in [6.07, 6.45) is 3.81. The van der Waals surface area contributed by atoms with E-state index in [4.69, 9.17) is 0 Å². The van der Waals surface area contributed by atoms with E-state index in [2.05, 4.69) is 10.6 Å². The Morgan fingerprint density at radius 1 is 1.10 bits per heavy atom. The Labute approximate surface area is 122 Å². The summed E-state index contributed by atoms with van der Waals surface area (Å²) in [7, 11) is 0. The number of amides is 1. The molecule has 0 bridgehead atoms. The predicted octanol–water partition coefficient (Wildman–Crippen LogP) is 3.81. The van der Waals surface area contributed by atoms with E-state index in [0.29, 0.717) is 5.57 Å². The Morgan fingerprint density at radius 2 is 1.85 bits per heavy atom. The van der Waals surface area contributed by atoms with Crippen LogP contribution in [0.1, 0.15) is 5.56 Å². The summed E-state index contributed by atoms with van der Waals surface area (Å²) >= 11 is 1.70. The highest BCUT2D eigenvalue weighted by Gasteiger charge is 2.23. The Kier molecular flexibility index (Phi) is 3.48. The Bertz CT molecular complexity index is 677. The first-order chi connectivity index (χ1) is 9.78. The molecule has 0 saturated carbocycles. The summed E-state index contributed by atoms with van der Waals surface area (Å²) < 4.78 is 0. The lowest BCUT2D eigenvalue weighted by molar-refractivity contribution is -0.110. The maximum absolute atomic E-state index is 11.9. The number of thioether (sulfide) groups is 1. The number of hydrogen-bond acceptors (Lipinski definition) is 3. The van der Waals surface area contributed by atoms with Crippen LogP contribution in [0.25, 0.3) is 5.57 Å². The maximum atomic E-state index is 11.9. The minimum absolute atomic E-state index is 0.0700. The van der Waals surface area contributed by atoms with Gasteiger partial charge < -0.3 is 10.6 Å². The van der Waals surface area contributed by atoms with Crippen LogP contribution in [0.4, 0.5) is 11.4 Å². The summed E-state index contributed by atoms with van der Waals surface area (Å²) in [6, 6.07) is 15.8. The fourth-order valence-electron chi connectivity index (χ4n) is 2.12. The second-order valence-corrected chi connectivity index (χ2v) is 5.31. The van der Waals surface area contributed by atoms with Gasteiger partial charge in [0.15, 0.2) is 0 Å². The molecular weight excluding hydrogens is 268 g/mol. The van der Waals surface area contributed by atoms with E-state index < -0.39 is 0 Å². The first kappa shape index (κ1) is 12.8. The number of hydrogen-bond donors (Lipinski definition) is 2. The molecule has 0 fully saturated rings. The summed E-state index contributed by atoms with van der Waals surface area (Å²) in [5, 5.41) is 6.03. The van der Waals surface area contributed by atoms with Crippen LogP contribution in [0.5, 0.6) is 0 Å². The van der Waals surface area contributed by atoms with Crippen molar-refractivity contribution in [1.82, 2.24) is 0 Å². The van der Waals surface area contributed by atoms with Crippen LogP contribution in [0.2, 0.25) is 0 Å². The molecule has 2 aromatic rings. The molecule has 3 rings (SSSR count). The van der Waals surface area contributed by atoms with Gasteiger partial charge in [-0.3, -0.25) is 4.79 Å². The highest BCUT2D eigenvalue weighted by atomic mass is 32.2. The highest BCUT2D eigenvalue weighted by Crippen LogP contribution is 2.31. The third kappa shape index (κ3) is 2.42. The molecule has 1 heterocycles. The fourth-order valence-corrected chi connectivity index (χ4v) is 2.53. The Balaban J connectivity index is 1.83. The van der Waals surface area contributed by atoms with Crippen LogP contribution >= 0.6 is 11.8 Å². The monoisotopic (exact) mass is 282 g/mol. The predicted molar refractivity (Wildman–Crippen MR) is 84.9 cm³/mol. The van der Waals surface area contributed by atoms with Gasteiger partial charge in [-0.2, -0.15) is 0 Å². The van der Waals surface area contributed by atoms with Gasteiger partial charge in [-0.25, -0.2) is 0 Å². The maximum Gasteiger partial charge on any atom is 0.257 e. The number of nitrogens with one attached hydrogen (secondary N) is 2. The highest BCUT2D eigenvalue weighted by molar-refractivity contribution is 7.98. The summed E-state index contributed by atoms with van der Waals surface area (Å²) in [4.78, 5) is 13.1. The molecule has 0 aliphatic carbocycles. The average molecular weight is 282 g/mol. The number of rotatable bonds is 3. The van der Waals surface area contributed by atoms with Gasteiger partial charge in [-0.05, 0) is 36.6 Å². The van der Waals surface area contributed by atoms with E-state index in [9.17, 15) is 4.79 Å². The number of para-hydroxylation sites is 1. The molecule has 1 aliphatic heterocycles. The fraction of sp³-hybridized carbons (Fsp3) is 0.0625. The zero-order chi connectivity index (χ0) is 13.9. The largest absolute Gasteiger partial charge is 0.361 e. The molecule has 3 nitrogen and oxygen atoms in total. The van der Waals surface area contributed by atoms with Gasteiger partial charge in [0.2, 0.25) is 0 Å². The molecule has 20 heavy (non-hydrogen) atoms. The molecule has 1 aliphatic rings. The van der Waals surface area contributed by atoms with Crippen LogP contribution in [-0.2, 0) is 4.79 Å². The Morgan fingerprint density at radius 3 is 2.60 bits per heavy atom. The van der Waals surface area contributed by atoms with Crippen molar-refractivity contribution in [1.29, 1.82) is 0 Å². The standard InChI is InChI=1S/C16H14N2OS/c1-20-12-8-6-11(7-9-12)17-10-14-13-4-2-3-5-15(13)18-16(14)19/h2-10,17H,1H3,(H,18,19)/b14-10-. The molecule has 0 radical (unpaired) electrons. The second kappa shape index (κ2) is 5.43. The van der Waals surface area contributed by atoms with E-state index >= 15 is 0 Å². The molecule has 0 atom stereocenters. The van der Waals surface area contributed by atoms with Crippen molar-refractivity contribution in [2.24, 2.45) is 0 Å². The molecule has 0 saturated heterocycles. The molecular formula is C16H14N2OS. The molecule has 2 aromatic carbocycles. The van der Waals surface area contributed by atoms with Crippen molar-refractivity contribution in [2.45, 2.75) is 4.90 Å². The second-order valence-electron chi connectivity index (χ2n) is 4.43. The van der Waals surface area contributed by atoms with Gasteiger partial charge in [0, 0.05) is 28.0 Å². The topological polar surface area (TPSA) is 41.1 Å². The van der Waals surface area contributed by atoms with Gasteiger partial charge in [0.25, 0.3) is 5.91 Å². The van der Waals surface area contributed by atoms with E-state index in [0.717, 1.165) is 16.9 Å². The van der Waals surface area contributed by atoms with Crippen molar-refractivity contribution >= 4 is 34.6 Å². The van der Waals surface area contributed by atoms with Crippen molar-refractivity contribution in [3.8, 4) is 0 Å². The Hall–Kier alpha value is -2.20. The number of fused-ring (bicyclic) bond motifs is 1. The molecule has 1 amide bonds. The van der Waals surface area contributed by atoms with E-state index in [1.54, 1.807) is 18.0 Å². The van der Waals surface area contributed by atoms with Gasteiger partial charge in [0.1, 0.15) is 0 Å². The van der Waals surface area contributed by atoms with Crippen molar-refractivity contribution < 1.29 is 4.79 Å². The number of carbonyl (C=O) groups excluding carboxylic acids is 1. The molecule has 0 aromatic heterocycles. The summed E-state index contributed by atoms with van der Waals surface area (Å²) in [6.45, 7) is 0. The lowest BCUT2D eigenvalue weighted by atomic mass is 10.1. The van der Waals surface area contributed by atoms with Crippen molar-refractivity contribution in [3.63, 3.8) is 0 Å². The molecule has 0 unspecified atom stereocenters. The van der Waals surface area contributed by atoms with Crippen LogP contribution in [0, 0.1) is 0 Å². The smallest absolute Gasteiger partial charge is 0.257 e. The molecule has 0 spiro atoms. The lowest BCUT2D eigenvalue weighted by Gasteiger charge is -2.03. The van der Waals surface area contributed by atoms with Crippen LogP contribution in [-0.4, -0.2) is 12.2 Å². The van der Waals surface area contributed by atoms with Gasteiger partial charge in [-0.15, -0.1) is 11.8 Å². The van der Waals surface area contributed by atoms with E-state index in [-0.39, 0.29) is 5.91 Å². The normalized spacial score (nSPS) is 15.1. The molecule has 2 N–H and O–H groups in total. The number of anilines is 2. The third-order valence-electron chi connectivity index (χ3n) is 3.18. The van der Waals surface area contributed by atoms with Crippen LogP contribution in [0.15, 0.2) is 59.6 Å². The SMILES string of the molecule is CSc1ccc(N/C=C2\C(=O)Nc3ccccc32)cc1. The quantitative estimate of drug-likeness (QED) is 0.664. The van der Waals surface area contributed by atoms with Crippen molar-refractivity contribution in [3.05, 3.63) is 60.3 Å². The average Bonchev–Trinajstić information content (AvgIpc) is 2.81. The van der Waals surface area contributed by atoms with Gasteiger partial charge in [-0.1, -0.05) is 18.2 Å². The zero-order valence-electron chi connectivity index (χ0n) is 11.0. The van der Waals surface area contributed by atoms with E-state index in [1.165, 1.54) is 4.90 Å². The first-order valence-electron chi connectivity index (χ1n) is 6.29. The molecule has 100 valence electrons. The van der Waals surface area contributed by atoms with E-state index in [1.807, 2.05) is 54.8 Å². The lowest BCUT2D eigenvalue weighted by Crippen LogP contribution is -2.05. The number of carbonyl (C=O) groups is 1. The number of benzene rings is 2. The van der Waals surface area contributed by atoms with Crippen LogP contribution < -0.4 is 10.6 Å². The third-order valence-corrected chi connectivity index (χ3v) is 3.93.